The molecule has 0 radical (unpaired) electrons. The van der Waals surface area contributed by atoms with Crippen LogP contribution in [-0.4, -0.2) is 52.8 Å². The van der Waals surface area contributed by atoms with E-state index in [2.05, 4.69) is 12.2 Å². The number of hydrogen-bond donors (Lipinski definition) is 2. The number of aliphatic hydroxyl groups excluding tert-OH is 1. The molecule has 2 atom stereocenters. The van der Waals surface area contributed by atoms with Crippen molar-refractivity contribution in [3.05, 3.63) is 0 Å². The van der Waals surface area contributed by atoms with Gasteiger partial charge in [0.05, 0.1) is 0 Å². The van der Waals surface area contributed by atoms with E-state index in [4.69, 9.17) is 0 Å². The third-order valence-electron chi connectivity index (χ3n) is 5.06. The molecule has 0 bridgehead atoms. The smallest absolute Gasteiger partial charge is 0.317 e. The second kappa shape index (κ2) is 8.28. The van der Waals surface area contributed by atoms with E-state index in [-0.39, 0.29) is 6.03 Å². The van der Waals surface area contributed by atoms with Crippen molar-refractivity contribution < 1.29 is 9.90 Å². The first kappa shape index (κ1) is 16.9. The van der Waals surface area contributed by atoms with Crippen LogP contribution in [0.3, 0.4) is 0 Å². The first-order valence-electron chi connectivity index (χ1n) is 8.39. The number of amides is 2. The van der Waals surface area contributed by atoms with E-state index < -0.39 is 0 Å². The number of carbonyl (C=O) groups is 1. The predicted octanol–water partition coefficient (Wildman–Crippen LogP) is 2.85. The van der Waals surface area contributed by atoms with E-state index in [1.807, 2.05) is 23.7 Å². The standard InChI is InChI=1S/C16H30N2O2S/c1-3-21-15-9-6-13(10-15)17-16(20)18(2)14-7-4-12(11-19)5-8-14/h12-15,19H,3-11H2,1-2H3,(H,17,20). The van der Waals surface area contributed by atoms with Gasteiger partial charge in [-0.25, -0.2) is 4.79 Å². The molecule has 4 nitrogen and oxygen atoms in total. The Bertz CT molecular complexity index is 332. The van der Waals surface area contributed by atoms with Gasteiger partial charge in [-0.2, -0.15) is 11.8 Å². The Kier molecular flexibility index (Phi) is 6.68. The van der Waals surface area contributed by atoms with Gasteiger partial charge in [0.2, 0.25) is 0 Å². The van der Waals surface area contributed by atoms with Crippen LogP contribution in [0.4, 0.5) is 4.79 Å². The van der Waals surface area contributed by atoms with Gasteiger partial charge in [0.25, 0.3) is 0 Å². The summed E-state index contributed by atoms with van der Waals surface area (Å²) < 4.78 is 0. The highest BCUT2D eigenvalue weighted by Gasteiger charge is 2.30. The lowest BCUT2D eigenvalue weighted by atomic mass is 9.86. The Morgan fingerprint density at radius 2 is 1.95 bits per heavy atom. The number of nitrogens with zero attached hydrogens (tertiary/aromatic N) is 1. The lowest BCUT2D eigenvalue weighted by molar-refractivity contribution is 0.132. The average Bonchev–Trinajstić information content (AvgIpc) is 2.94. The molecule has 2 rings (SSSR count). The lowest BCUT2D eigenvalue weighted by Crippen LogP contribution is -2.47. The summed E-state index contributed by atoms with van der Waals surface area (Å²) in [6.45, 7) is 2.49. The molecule has 0 saturated heterocycles. The lowest BCUT2D eigenvalue weighted by Gasteiger charge is -2.34. The van der Waals surface area contributed by atoms with Crippen LogP contribution in [0.15, 0.2) is 0 Å². The topological polar surface area (TPSA) is 52.6 Å². The molecule has 0 aromatic carbocycles. The van der Waals surface area contributed by atoms with Crippen molar-refractivity contribution in [2.24, 2.45) is 5.92 Å². The molecule has 2 amide bonds. The van der Waals surface area contributed by atoms with E-state index >= 15 is 0 Å². The van der Waals surface area contributed by atoms with E-state index in [9.17, 15) is 9.90 Å². The first-order chi connectivity index (χ1) is 10.1. The van der Waals surface area contributed by atoms with Gasteiger partial charge in [-0.3, -0.25) is 0 Å². The number of nitrogens with one attached hydrogen (secondary N) is 1. The van der Waals surface area contributed by atoms with Gasteiger partial charge in [0.15, 0.2) is 0 Å². The number of thioether (sulfide) groups is 1. The minimum Gasteiger partial charge on any atom is -0.396 e. The minimum atomic E-state index is 0.0922. The highest BCUT2D eigenvalue weighted by Crippen LogP contribution is 2.30. The fourth-order valence-electron chi connectivity index (χ4n) is 3.62. The molecular formula is C16H30N2O2S. The van der Waals surface area contributed by atoms with Crippen LogP contribution in [0, 0.1) is 5.92 Å². The average molecular weight is 314 g/mol. The Morgan fingerprint density at radius 1 is 1.24 bits per heavy atom. The van der Waals surface area contributed by atoms with Crippen LogP contribution in [0.2, 0.25) is 0 Å². The molecule has 122 valence electrons. The predicted molar refractivity (Wildman–Crippen MR) is 88.7 cm³/mol. The van der Waals surface area contributed by atoms with E-state index in [1.165, 1.54) is 12.2 Å². The van der Waals surface area contributed by atoms with Gasteiger partial charge in [0, 0.05) is 31.0 Å². The second-order valence-corrected chi connectivity index (χ2v) is 8.08. The van der Waals surface area contributed by atoms with E-state index in [0.29, 0.717) is 24.6 Å². The fraction of sp³-hybridized carbons (Fsp3) is 0.938. The Morgan fingerprint density at radius 3 is 2.57 bits per heavy atom. The van der Waals surface area contributed by atoms with Crippen LogP contribution in [0.5, 0.6) is 0 Å². The third-order valence-corrected chi connectivity index (χ3v) is 6.29. The molecule has 0 heterocycles. The highest BCUT2D eigenvalue weighted by atomic mass is 32.2. The number of urea groups is 1. The van der Waals surface area contributed by atoms with Crippen LogP contribution >= 0.6 is 11.8 Å². The van der Waals surface area contributed by atoms with Crippen molar-refractivity contribution >= 4 is 17.8 Å². The van der Waals surface area contributed by atoms with Crippen molar-refractivity contribution in [1.29, 1.82) is 0 Å². The summed E-state index contributed by atoms with van der Waals surface area (Å²) in [7, 11) is 1.92. The van der Waals surface area contributed by atoms with Gasteiger partial charge >= 0.3 is 6.03 Å². The molecule has 2 aliphatic carbocycles. The third kappa shape index (κ3) is 4.78. The summed E-state index contributed by atoms with van der Waals surface area (Å²) in [5.41, 5.74) is 0. The molecule has 2 unspecified atom stereocenters. The van der Waals surface area contributed by atoms with Crippen LogP contribution in [-0.2, 0) is 0 Å². The summed E-state index contributed by atoms with van der Waals surface area (Å²) in [6, 6.07) is 0.794. The molecular weight excluding hydrogens is 284 g/mol. The van der Waals surface area contributed by atoms with E-state index in [0.717, 1.165) is 43.8 Å². The normalized spacial score (nSPS) is 32.9. The van der Waals surface area contributed by atoms with Gasteiger partial charge in [-0.05, 0) is 56.6 Å². The molecule has 2 N–H and O–H groups in total. The fourth-order valence-corrected chi connectivity index (χ4v) is 4.76. The molecule has 0 aliphatic heterocycles. The van der Waals surface area contributed by atoms with Crippen LogP contribution in [0.1, 0.15) is 51.9 Å². The van der Waals surface area contributed by atoms with Crippen molar-refractivity contribution in [3.8, 4) is 0 Å². The molecule has 2 fully saturated rings. The number of aliphatic hydroxyl groups is 1. The minimum absolute atomic E-state index is 0.0922. The molecule has 2 aliphatic rings. The maximum absolute atomic E-state index is 12.4. The zero-order valence-corrected chi connectivity index (χ0v) is 14.2. The van der Waals surface area contributed by atoms with Crippen molar-refractivity contribution in [2.45, 2.75) is 69.2 Å². The van der Waals surface area contributed by atoms with Crippen molar-refractivity contribution in [3.63, 3.8) is 0 Å². The van der Waals surface area contributed by atoms with Crippen molar-refractivity contribution in [2.75, 3.05) is 19.4 Å². The zero-order valence-electron chi connectivity index (χ0n) is 13.4. The summed E-state index contributed by atoms with van der Waals surface area (Å²) in [6.07, 6.45) is 7.59. The zero-order chi connectivity index (χ0) is 15.2. The molecule has 0 aromatic rings. The van der Waals surface area contributed by atoms with Gasteiger partial charge in [-0.1, -0.05) is 6.92 Å². The van der Waals surface area contributed by atoms with Crippen LogP contribution in [0.25, 0.3) is 0 Å². The number of carbonyl (C=O) groups excluding carboxylic acids is 1. The van der Waals surface area contributed by atoms with Gasteiger partial charge < -0.3 is 15.3 Å². The second-order valence-electron chi connectivity index (χ2n) is 6.50. The SMILES string of the molecule is CCSC1CCC(NC(=O)N(C)C2CCC(CO)CC2)C1. The Balaban J connectivity index is 1.73. The van der Waals surface area contributed by atoms with Crippen LogP contribution < -0.4 is 5.32 Å². The van der Waals surface area contributed by atoms with Gasteiger partial charge in [0.1, 0.15) is 0 Å². The summed E-state index contributed by atoms with van der Waals surface area (Å²) in [4.78, 5) is 14.3. The molecule has 5 heteroatoms. The Labute approximate surface area is 133 Å². The molecule has 2 saturated carbocycles. The maximum Gasteiger partial charge on any atom is 0.317 e. The Hall–Kier alpha value is -0.420. The van der Waals surface area contributed by atoms with Gasteiger partial charge in [-0.15, -0.1) is 0 Å². The molecule has 0 spiro atoms. The van der Waals surface area contributed by atoms with E-state index in [1.54, 1.807) is 0 Å². The highest BCUT2D eigenvalue weighted by molar-refractivity contribution is 7.99. The summed E-state index contributed by atoms with van der Waals surface area (Å²) in [5.74, 6) is 1.61. The summed E-state index contributed by atoms with van der Waals surface area (Å²) >= 11 is 2.02. The first-order valence-corrected chi connectivity index (χ1v) is 9.44. The van der Waals surface area contributed by atoms with Crippen molar-refractivity contribution in [1.82, 2.24) is 10.2 Å². The molecule has 21 heavy (non-hydrogen) atoms. The summed E-state index contributed by atoms with van der Waals surface area (Å²) in [5, 5.41) is 13.1. The maximum atomic E-state index is 12.4. The molecule has 0 aromatic heterocycles. The number of hydrogen-bond acceptors (Lipinski definition) is 3. The largest absolute Gasteiger partial charge is 0.396 e. The monoisotopic (exact) mass is 314 g/mol. The number of rotatable bonds is 5. The quantitative estimate of drug-likeness (QED) is 0.820.